The molecule has 3 heteroatoms. The average Bonchev–Trinajstić information content (AvgIpc) is 2.48. The highest BCUT2D eigenvalue weighted by Crippen LogP contribution is 2.40. The zero-order chi connectivity index (χ0) is 14.4. The molecule has 118 valence electrons. The van der Waals surface area contributed by atoms with Gasteiger partial charge in [-0.15, -0.1) is 0 Å². The van der Waals surface area contributed by atoms with Crippen LogP contribution in [0.5, 0.6) is 0 Å². The maximum Gasteiger partial charge on any atom is 0.160 e. The number of fused-ring (bicyclic) bond motifs is 1. The smallest absolute Gasteiger partial charge is 0.160 e. The summed E-state index contributed by atoms with van der Waals surface area (Å²) in [6, 6.07) is 0. The molecule has 0 bridgehead atoms. The van der Waals surface area contributed by atoms with Crippen molar-refractivity contribution in [2.24, 2.45) is 17.3 Å². The van der Waals surface area contributed by atoms with Crippen molar-refractivity contribution < 1.29 is 14.2 Å². The Kier molecular flexibility index (Phi) is 6.31. The molecule has 20 heavy (non-hydrogen) atoms. The SMILES string of the molecule is C1CCOCC1.CC(C)(C)C1COC2OCCCC2C1. The molecular weight excluding hydrogens is 252 g/mol. The fourth-order valence-electron chi connectivity index (χ4n) is 3.17. The molecule has 3 nitrogen and oxygen atoms in total. The van der Waals surface area contributed by atoms with E-state index in [1.54, 1.807) is 0 Å². The molecule has 0 aromatic carbocycles. The zero-order valence-corrected chi connectivity index (χ0v) is 13.5. The van der Waals surface area contributed by atoms with Gasteiger partial charge in [0.15, 0.2) is 6.29 Å². The van der Waals surface area contributed by atoms with Crippen molar-refractivity contribution in [2.75, 3.05) is 26.4 Å². The van der Waals surface area contributed by atoms with Crippen molar-refractivity contribution in [3.63, 3.8) is 0 Å². The van der Waals surface area contributed by atoms with Gasteiger partial charge in [-0.3, -0.25) is 0 Å². The Hall–Kier alpha value is -0.120. The van der Waals surface area contributed by atoms with E-state index in [0.29, 0.717) is 17.3 Å². The molecule has 3 saturated heterocycles. The highest BCUT2D eigenvalue weighted by atomic mass is 16.7. The second kappa shape index (κ2) is 7.77. The minimum atomic E-state index is 0.113. The molecule has 0 spiro atoms. The van der Waals surface area contributed by atoms with Gasteiger partial charge < -0.3 is 14.2 Å². The minimum absolute atomic E-state index is 0.113. The zero-order valence-electron chi connectivity index (χ0n) is 13.5. The lowest BCUT2D eigenvalue weighted by molar-refractivity contribution is -0.232. The third kappa shape index (κ3) is 5.01. The molecule has 0 N–H and O–H groups in total. The molecule has 0 radical (unpaired) electrons. The molecule has 0 aromatic rings. The molecule has 3 rings (SSSR count). The largest absolute Gasteiger partial charge is 0.381 e. The van der Waals surface area contributed by atoms with Crippen molar-refractivity contribution >= 4 is 0 Å². The number of hydrogen-bond donors (Lipinski definition) is 0. The Bertz CT molecular complexity index is 256. The highest BCUT2D eigenvalue weighted by molar-refractivity contribution is 4.83. The third-order valence-electron chi connectivity index (χ3n) is 4.74. The summed E-state index contributed by atoms with van der Waals surface area (Å²) in [7, 11) is 0. The highest BCUT2D eigenvalue weighted by Gasteiger charge is 2.38. The molecule has 3 atom stereocenters. The topological polar surface area (TPSA) is 27.7 Å². The first kappa shape index (κ1) is 16.3. The van der Waals surface area contributed by atoms with Crippen molar-refractivity contribution in [3.05, 3.63) is 0 Å². The van der Waals surface area contributed by atoms with Gasteiger partial charge in [0.1, 0.15) is 0 Å². The van der Waals surface area contributed by atoms with Gasteiger partial charge in [0, 0.05) is 25.7 Å². The van der Waals surface area contributed by atoms with E-state index in [9.17, 15) is 0 Å². The molecule has 0 saturated carbocycles. The van der Waals surface area contributed by atoms with Crippen LogP contribution in [0.25, 0.3) is 0 Å². The Balaban J connectivity index is 0.000000205. The van der Waals surface area contributed by atoms with E-state index < -0.39 is 0 Å². The summed E-state index contributed by atoms with van der Waals surface area (Å²) in [5.41, 5.74) is 0.377. The number of rotatable bonds is 0. The summed E-state index contributed by atoms with van der Waals surface area (Å²) in [6.07, 6.45) is 7.83. The second-order valence-corrected chi connectivity index (χ2v) is 7.45. The maximum atomic E-state index is 5.80. The predicted molar refractivity (Wildman–Crippen MR) is 80.6 cm³/mol. The molecule has 3 aliphatic rings. The van der Waals surface area contributed by atoms with E-state index in [4.69, 9.17) is 14.2 Å². The van der Waals surface area contributed by atoms with Crippen LogP contribution in [-0.4, -0.2) is 32.7 Å². The quantitative estimate of drug-likeness (QED) is 0.672. The standard InChI is InChI=1S/C12H22O2.C5H10O/c1-12(2,3)10-7-9-5-4-6-13-11(9)14-8-10;1-2-4-6-5-3-1/h9-11H,4-8H2,1-3H3;1-5H2. The lowest BCUT2D eigenvalue weighted by Gasteiger charge is -2.43. The first-order chi connectivity index (χ1) is 9.57. The van der Waals surface area contributed by atoms with Crippen LogP contribution >= 0.6 is 0 Å². The van der Waals surface area contributed by atoms with Gasteiger partial charge in [0.2, 0.25) is 0 Å². The van der Waals surface area contributed by atoms with E-state index in [2.05, 4.69) is 20.8 Å². The summed E-state index contributed by atoms with van der Waals surface area (Å²) in [4.78, 5) is 0. The van der Waals surface area contributed by atoms with Gasteiger partial charge in [-0.25, -0.2) is 0 Å². The summed E-state index contributed by atoms with van der Waals surface area (Å²) < 4.78 is 16.5. The summed E-state index contributed by atoms with van der Waals surface area (Å²) in [5, 5.41) is 0. The lowest BCUT2D eigenvalue weighted by Crippen LogP contribution is -2.43. The fraction of sp³-hybridized carbons (Fsp3) is 1.00. The fourth-order valence-corrected chi connectivity index (χ4v) is 3.17. The van der Waals surface area contributed by atoms with Crippen LogP contribution in [0.1, 0.15) is 59.3 Å². The number of ether oxygens (including phenoxy) is 3. The van der Waals surface area contributed by atoms with E-state index in [1.807, 2.05) is 0 Å². The van der Waals surface area contributed by atoms with Crippen LogP contribution < -0.4 is 0 Å². The second-order valence-electron chi connectivity index (χ2n) is 7.45. The Morgan fingerprint density at radius 2 is 1.60 bits per heavy atom. The van der Waals surface area contributed by atoms with Crippen LogP contribution in [0.4, 0.5) is 0 Å². The molecule has 3 unspecified atom stereocenters. The van der Waals surface area contributed by atoms with Crippen LogP contribution in [0, 0.1) is 17.3 Å². The molecular formula is C17H32O3. The summed E-state index contributed by atoms with van der Waals surface area (Å²) in [5.74, 6) is 1.35. The van der Waals surface area contributed by atoms with Crippen LogP contribution in [0.2, 0.25) is 0 Å². The van der Waals surface area contributed by atoms with Crippen molar-refractivity contribution in [3.8, 4) is 0 Å². The third-order valence-corrected chi connectivity index (χ3v) is 4.74. The molecule has 0 aliphatic carbocycles. The van der Waals surface area contributed by atoms with Crippen LogP contribution in [-0.2, 0) is 14.2 Å². The molecule has 0 amide bonds. The van der Waals surface area contributed by atoms with E-state index in [1.165, 1.54) is 38.5 Å². The minimum Gasteiger partial charge on any atom is -0.381 e. The summed E-state index contributed by atoms with van der Waals surface area (Å²) >= 11 is 0. The van der Waals surface area contributed by atoms with Crippen LogP contribution in [0.15, 0.2) is 0 Å². The van der Waals surface area contributed by atoms with Gasteiger partial charge >= 0.3 is 0 Å². The van der Waals surface area contributed by atoms with Gasteiger partial charge in [-0.2, -0.15) is 0 Å². The molecule has 3 aliphatic heterocycles. The van der Waals surface area contributed by atoms with Gasteiger partial charge in [-0.05, 0) is 49.9 Å². The van der Waals surface area contributed by atoms with Gasteiger partial charge in [0.25, 0.3) is 0 Å². The maximum absolute atomic E-state index is 5.80. The Labute approximate surface area is 124 Å². The Morgan fingerprint density at radius 3 is 2.15 bits per heavy atom. The first-order valence-corrected chi connectivity index (χ1v) is 8.38. The summed E-state index contributed by atoms with van der Waals surface area (Å²) in [6.45, 7) is 10.7. The normalized spacial score (nSPS) is 34.6. The Morgan fingerprint density at radius 1 is 0.850 bits per heavy atom. The van der Waals surface area contributed by atoms with E-state index in [-0.39, 0.29) is 6.29 Å². The van der Waals surface area contributed by atoms with E-state index in [0.717, 1.165) is 26.4 Å². The van der Waals surface area contributed by atoms with Gasteiger partial charge in [-0.1, -0.05) is 20.8 Å². The first-order valence-electron chi connectivity index (χ1n) is 8.38. The van der Waals surface area contributed by atoms with Crippen molar-refractivity contribution in [1.29, 1.82) is 0 Å². The predicted octanol–water partition coefficient (Wildman–Crippen LogP) is 4.01. The monoisotopic (exact) mass is 284 g/mol. The van der Waals surface area contributed by atoms with Crippen molar-refractivity contribution in [1.82, 2.24) is 0 Å². The molecule has 0 aromatic heterocycles. The van der Waals surface area contributed by atoms with E-state index >= 15 is 0 Å². The molecule has 3 fully saturated rings. The van der Waals surface area contributed by atoms with Crippen molar-refractivity contribution in [2.45, 2.75) is 65.6 Å². The average molecular weight is 284 g/mol. The number of hydrogen-bond acceptors (Lipinski definition) is 3. The molecule has 3 heterocycles. The lowest BCUT2D eigenvalue weighted by atomic mass is 9.74. The van der Waals surface area contributed by atoms with Crippen LogP contribution in [0.3, 0.4) is 0 Å². The van der Waals surface area contributed by atoms with Gasteiger partial charge in [0.05, 0.1) is 6.61 Å².